The van der Waals surface area contributed by atoms with Crippen LogP contribution in [0.3, 0.4) is 0 Å². The van der Waals surface area contributed by atoms with E-state index in [2.05, 4.69) is 4.98 Å². The molecule has 8 heteroatoms. The smallest absolute Gasteiger partial charge is 0.406 e. The number of alkyl halides is 3. The molecule has 0 spiro atoms. The summed E-state index contributed by atoms with van der Waals surface area (Å²) in [5.74, 6) is -2.44. The normalized spacial score (nSPS) is 10.7. The third-order valence-electron chi connectivity index (χ3n) is 1.69. The molecule has 0 aliphatic carbocycles. The third-order valence-corrected chi connectivity index (χ3v) is 1.98. The van der Waals surface area contributed by atoms with Crippen LogP contribution >= 0.6 is 11.6 Å². The van der Waals surface area contributed by atoms with Gasteiger partial charge in [0, 0.05) is 5.56 Å². The van der Waals surface area contributed by atoms with Gasteiger partial charge in [-0.1, -0.05) is 0 Å². The Labute approximate surface area is 87.5 Å². The van der Waals surface area contributed by atoms with Crippen LogP contribution in [0.25, 0.3) is 0 Å². The van der Waals surface area contributed by atoms with Gasteiger partial charge in [0.25, 0.3) is 6.43 Å². The van der Waals surface area contributed by atoms with E-state index in [1.54, 1.807) is 0 Å². The lowest BCUT2D eigenvalue weighted by molar-refractivity contribution is -0.390. The molecule has 1 aromatic heterocycles. The molecule has 0 bridgehead atoms. The van der Waals surface area contributed by atoms with Crippen molar-refractivity contribution in [2.24, 2.45) is 0 Å². The maximum Gasteiger partial charge on any atom is 0.406 e. The molecule has 1 N–H and O–H groups in total. The van der Waals surface area contributed by atoms with E-state index in [0.717, 1.165) is 6.20 Å². The van der Waals surface area contributed by atoms with Gasteiger partial charge in [0.05, 0.1) is 11.4 Å². The van der Waals surface area contributed by atoms with Gasteiger partial charge >= 0.3 is 5.82 Å². The minimum absolute atomic E-state index is 0.130. The second-order valence-corrected chi connectivity index (χ2v) is 2.83. The van der Waals surface area contributed by atoms with Crippen LogP contribution in [0.4, 0.5) is 14.6 Å². The second kappa shape index (κ2) is 4.35. The first-order valence-electron chi connectivity index (χ1n) is 3.68. The van der Waals surface area contributed by atoms with Crippen molar-refractivity contribution < 1.29 is 18.8 Å². The Bertz CT molecular complexity index is 400. The number of pyridine rings is 1. The summed E-state index contributed by atoms with van der Waals surface area (Å²) in [5.41, 5.74) is -0.971. The average Bonchev–Trinajstić information content (AvgIpc) is 2.15. The number of nitro groups is 1. The lowest BCUT2D eigenvalue weighted by Gasteiger charge is -2.06. The summed E-state index contributed by atoms with van der Waals surface area (Å²) in [6, 6.07) is 0. The highest BCUT2D eigenvalue weighted by Gasteiger charge is 2.27. The predicted octanol–water partition coefficient (Wildman–Crippen LogP) is 2.37. The first-order valence-corrected chi connectivity index (χ1v) is 4.21. The van der Waals surface area contributed by atoms with Crippen molar-refractivity contribution in [3.63, 3.8) is 0 Å². The highest BCUT2D eigenvalue weighted by molar-refractivity contribution is 6.17. The van der Waals surface area contributed by atoms with Gasteiger partial charge in [-0.15, -0.1) is 11.6 Å². The molecule has 0 unspecified atom stereocenters. The zero-order chi connectivity index (χ0) is 11.6. The standard InChI is InChI=1S/C7H5ClF2N2O3/c8-1-3-2-11-7(12(14)15)5(13)4(3)6(9)10/h2,6,13H,1H2. The van der Waals surface area contributed by atoms with Crippen LogP contribution in [0, 0.1) is 10.1 Å². The van der Waals surface area contributed by atoms with Crippen molar-refractivity contribution in [3.05, 3.63) is 27.4 Å². The second-order valence-electron chi connectivity index (χ2n) is 2.56. The molecular formula is C7H5ClF2N2O3. The molecule has 0 fully saturated rings. The van der Waals surface area contributed by atoms with Gasteiger partial charge in [-0.05, 0) is 9.91 Å². The predicted molar refractivity (Wildman–Crippen MR) is 47.1 cm³/mol. The lowest BCUT2D eigenvalue weighted by Crippen LogP contribution is -2.00. The van der Waals surface area contributed by atoms with Gasteiger partial charge < -0.3 is 15.2 Å². The van der Waals surface area contributed by atoms with Gasteiger partial charge in [-0.3, -0.25) is 0 Å². The molecule has 5 nitrogen and oxygen atoms in total. The highest BCUT2D eigenvalue weighted by atomic mass is 35.5. The molecular weight excluding hydrogens is 234 g/mol. The SMILES string of the molecule is O=[N+]([O-])c1ncc(CCl)c(C(F)F)c1O. The molecule has 0 aromatic carbocycles. The van der Waals surface area contributed by atoms with E-state index in [1.807, 2.05) is 0 Å². The summed E-state index contributed by atoms with van der Waals surface area (Å²) in [6.45, 7) is 0. The van der Waals surface area contributed by atoms with E-state index in [4.69, 9.17) is 11.6 Å². The van der Waals surface area contributed by atoms with Crippen LogP contribution in [0.15, 0.2) is 6.20 Å². The Kier molecular flexibility index (Phi) is 3.35. The van der Waals surface area contributed by atoms with Crippen LogP contribution in [0.1, 0.15) is 17.6 Å². The highest BCUT2D eigenvalue weighted by Crippen LogP contribution is 2.37. The van der Waals surface area contributed by atoms with Gasteiger partial charge in [0.2, 0.25) is 5.75 Å². The third kappa shape index (κ3) is 2.12. The monoisotopic (exact) mass is 238 g/mol. The number of nitrogens with zero attached hydrogens (tertiary/aromatic N) is 2. The molecule has 0 radical (unpaired) electrons. The first kappa shape index (κ1) is 11.6. The number of rotatable bonds is 3. The average molecular weight is 239 g/mol. The van der Waals surface area contributed by atoms with Gasteiger partial charge in [-0.25, -0.2) is 8.78 Å². The van der Waals surface area contributed by atoms with E-state index >= 15 is 0 Å². The van der Waals surface area contributed by atoms with Crippen LogP contribution in [0.5, 0.6) is 5.75 Å². The zero-order valence-corrected chi connectivity index (χ0v) is 7.91. The Morgan fingerprint density at radius 3 is 2.67 bits per heavy atom. The molecule has 1 rings (SSSR count). The summed E-state index contributed by atoms with van der Waals surface area (Å²) >= 11 is 5.33. The van der Waals surface area contributed by atoms with Crippen LogP contribution in [-0.2, 0) is 5.88 Å². The van der Waals surface area contributed by atoms with Gasteiger partial charge in [0.1, 0.15) is 6.20 Å². The topological polar surface area (TPSA) is 76.3 Å². The summed E-state index contributed by atoms with van der Waals surface area (Å²) in [4.78, 5) is 12.5. The fourth-order valence-corrected chi connectivity index (χ4v) is 1.24. The Morgan fingerprint density at radius 1 is 1.67 bits per heavy atom. The molecule has 0 saturated carbocycles. The fourth-order valence-electron chi connectivity index (χ4n) is 1.03. The first-order chi connectivity index (χ1) is 6.99. The van der Waals surface area contributed by atoms with Crippen molar-refractivity contribution in [2.45, 2.75) is 12.3 Å². The van der Waals surface area contributed by atoms with Crippen molar-refractivity contribution in [2.75, 3.05) is 0 Å². The lowest BCUT2D eigenvalue weighted by atomic mass is 10.1. The maximum absolute atomic E-state index is 12.4. The van der Waals surface area contributed by atoms with Crippen molar-refractivity contribution in [1.29, 1.82) is 0 Å². The summed E-state index contributed by atoms with van der Waals surface area (Å²) in [6.07, 6.45) is -2.19. The number of aromatic hydroxyl groups is 1. The van der Waals surface area contributed by atoms with Crippen molar-refractivity contribution in [1.82, 2.24) is 4.98 Å². The zero-order valence-electron chi connectivity index (χ0n) is 7.15. The van der Waals surface area contributed by atoms with Crippen molar-refractivity contribution in [3.8, 4) is 5.75 Å². The van der Waals surface area contributed by atoms with E-state index in [1.165, 1.54) is 0 Å². The number of hydrogen-bond acceptors (Lipinski definition) is 4. The molecule has 0 amide bonds. The van der Waals surface area contributed by atoms with Crippen LogP contribution in [0.2, 0.25) is 0 Å². The number of halogens is 3. The number of hydrogen-bond donors (Lipinski definition) is 1. The minimum Gasteiger partial charge on any atom is -0.501 e. The van der Waals surface area contributed by atoms with Gasteiger partial charge in [-0.2, -0.15) is 0 Å². The van der Waals surface area contributed by atoms with E-state index in [9.17, 15) is 24.0 Å². The molecule has 0 aliphatic rings. The summed E-state index contributed by atoms with van der Waals surface area (Å²) in [7, 11) is 0. The Balaban J connectivity index is 3.42. The van der Waals surface area contributed by atoms with E-state index in [-0.39, 0.29) is 11.4 Å². The maximum atomic E-state index is 12.4. The Hall–Kier alpha value is -1.50. The quantitative estimate of drug-likeness (QED) is 0.498. The molecule has 15 heavy (non-hydrogen) atoms. The molecule has 82 valence electrons. The molecule has 1 aromatic rings. The molecule has 0 aliphatic heterocycles. The largest absolute Gasteiger partial charge is 0.501 e. The van der Waals surface area contributed by atoms with E-state index < -0.39 is 28.5 Å². The molecule has 0 saturated heterocycles. The van der Waals surface area contributed by atoms with Crippen LogP contribution < -0.4 is 0 Å². The number of aromatic nitrogens is 1. The summed E-state index contributed by atoms with van der Waals surface area (Å²) in [5, 5.41) is 19.5. The van der Waals surface area contributed by atoms with Gasteiger partial charge in [0.15, 0.2) is 0 Å². The van der Waals surface area contributed by atoms with Crippen LogP contribution in [-0.4, -0.2) is 15.0 Å². The molecule has 1 heterocycles. The summed E-state index contributed by atoms with van der Waals surface area (Å²) < 4.78 is 24.9. The molecule has 0 atom stereocenters. The van der Waals surface area contributed by atoms with Crippen molar-refractivity contribution >= 4 is 17.4 Å². The van der Waals surface area contributed by atoms with E-state index in [0.29, 0.717) is 0 Å². The minimum atomic E-state index is -3.04. The fraction of sp³-hybridized carbons (Fsp3) is 0.286. The Morgan fingerprint density at radius 2 is 2.27 bits per heavy atom.